The zero-order chi connectivity index (χ0) is 25.8. The van der Waals surface area contributed by atoms with E-state index in [2.05, 4.69) is 10.2 Å². The van der Waals surface area contributed by atoms with E-state index < -0.39 is 35.9 Å². The second kappa shape index (κ2) is 10.6. The second-order valence-corrected chi connectivity index (χ2v) is 7.62. The second-order valence-electron chi connectivity index (χ2n) is 7.18. The van der Waals surface area contributed by atoms with E-state index in [4.69, 9.17) is 26.2 Å². The average molecular weight is 508 g/mol. The number of esters is 1. The Balaban J connectivity index is 0.000000509. The summed E-state index contributed by atoms with van der Waals surface area (Å²) >= 11 is 5.89. The summed E-state index contributed by atoms with van der Waals surface area (Å²) in [5.74, 6) is -5.01. The zero-order valence-corrected chi connectivity index (χ0v) is 18.4. The highest BCUT2D eigenvalue weighted by molar-refractivity contribution is 6.30. The molecular formula is C20H18ClF4N3O6. The minimum atomic E-state index is -5.08. The third kappa shape index (κ3) is 6.53. The van der Waals surface area contributed by atoms with Gasteiger partial charge in [0.2, 0.25) is 0 Å². The number of carboxylic acid groups (broad SMARTS) is 2. The Labute approximate surface area is 194 Å². The molecular weight excluding hydrogens is 490 g/mol. The van der Waals surface area contributed by atoms with Crippen molar-refractivity contribution in [1.82, 2.24) is 10.2 Å². The van der Waals surface area contributed by atoms with Crippen LogP contribution in [0.5, 0.6) is 0 Å². The topological polar surface area (TPSA) is 130 Å². The van der Waals surface area contributed by atoms with Crippen LogP contribution in [0, 0.1) is 5.82 Å². The summed E-state index contributed by atoms with van der Waals surface area (Å²) in [5, 5.41) is 24.9. The van der Waals surface area contributed by atoms with Crippen molar-refractivity contribution in [1.29, 1.82) is 0 Å². The number of aromatic nitrogens is 2. The van der Waals surface area contributed by atoms with E-state index >= 15 is 0 Å². The zero-order valence-electron chi connectivity index (χ0n) is 17.6. The Morgan fingerprint density at radius 1 is 1.18 bits per heavy atom. The summed E-state index contributed by atoms with van der Waals surface area (Å²) < 4.78 is 51.0. The normalized spacial score (nSPS) is 15.2. The van der Waals surface area contributed by atoms with Gasteiger partial charge in [-0.05, 0) is 44.5 Å². The summed E-state index contributed by atoms with van der Waals surface area (Å²) in [4.78, 5) is 34.3. The fourth-order valence-corrected chi connectivity index (χ4v) is 2.95. The molecule has 184 valence electrons. The van der Waals surface area contributed by atoms with E-state index in [-0.39, 0.29) is 33.8 Å². The van der Waals surface area contributed by atoms with Gasteiger partial charge in [0, 0.05) is 17.1 Å². The first-order valence-corrected chi connectivity index (χ1v) is 9.93. The van der Waals surface area contributed by atoms with Gasteiger partial charge in [0.05, 0.1) is 11.8 Å². The molecule has 0 radical (unpaired) electrons. The minimum Gasteiger partial charge on any atom is -0.478 e. The van der Waals surface area contributed by atoms with Gasteiger partial charge in [-0.1, -0.05) is 11.6 Å². The Hall–Kier alpha value is -3.48. The van der Waals surface area contributed by atoms with Crippen molar-refractivity contribution in [3.8, 4) is 11.3 Å². The van der Waals surface area contributed by atoms with Gasteiger partial charge >= 0.3 is 24.1 Å². The molecule has 2 aromatic rings. The molecule has 14 heteroatoms. The SMILES string of the molecule is CC(C)OC(=O)C1CCN1c1nnc(-c2cc(Cl)ccc2F)cc1C(=O)O.O=C(O)C(F)(F)F. The third-order valence-electron chi connectivity index (χ3n) is 4.37. The summed E-state index contributed by atoms with van der Waals surface area (Å²) in [6, 6.07) is 4.50. The first-order valence-electron chi connectivity index (χ1n) is 9.56. The number of aromatic carboxylic acids is 1. The fraction of sp³-hybridized carbons (Fsp3) is 0.350. The van der Waals surface area contributed by atoms with Gasteiger partial charge in [-0.15, -0.1) is 10.2 Å². The van der Waals surface area contributed by atoms with Crippen molar-refractivity contribution in [2.24, 2.45) is 0 Å². The summed E-state index contributed by atoms with van der Waals surface area (Å²) in [6.45, 7) is 3.91. The predicted octanol–water partition coefficient (Wildman–Crippen LogP) is 3.80. The molecule has 2 N–H and O–H groups in total. The molecule has 1 aliphatic rings. The van der Waals surface area contributed by atoms with Crippen molar-refractivity contribution in [2.75, 3.05) is 11.4 Å². The van der Waals surface area contributed by atoms with E-state index in [9.17, 15) is 32.3 Å². The molecule has 0 aliphatic carbocycles. The van der Waals surface area contributed by atoms with Crippen LogP contribution in [-0.4, -0.2) is 63.2 Å². The lowest BCUT2D eigenvalue weighted by atomic mass is 10.0. The lowest BCUT2D eigenvalue weighted by Gasteiger charge is -2.40. The maximum atomic E-state index is 14.1. The number of carbonyl (C=O) groups excluding carboxylic acids is 1. The van der Waals surface area contributed by atoms with E-state index in [0.29, 0.717) is 13.0 Å². The van der Waals surface area contributed by atoms with Crippen LogP contribution >= 0.6 is 11.6 Å². The molecule has 0 amide bonds. The van der Waals surface area contributed by atoms with Crippen LogP contribution in [0.3, 0.4) is 0 Å². The van der Waals surface area contributed by atoms with Crippen molar-refractivity contribution in [3.63, 3.8) is 0 Å². The molecule has 1 aromatic heterocycles. The van der Waals surface area contributed by atoms with Crippen molar-refractivity contribution < 1.29 is 46.9 Å². The Kier molecular flexibility index (Phi) is 8.37. The first-order chi connectivity index (χ1) is 15.7. The fourth-order valence-electron chi connectivity index (χ4n) is 2.78. The number of alkyl halides is 3. The van der Waals surface area contributed by atoms with Crippen LogP contribution in [0.15, 0.2) is 24.3 Å². The van der Waals surface area contributed by atoms with Gasteiger partial charge in [-0.2, -0.15) is 13.2 Å². The maximum absolute atomic E-state index is 14.1. The number of anilines is 1. The van der Waals surface area contributed by atoms with Crippen LogP contribution < -0.4 is 4.90 Å². The van der Waals surface area contributed by atoms with Gasteiger partial charge in [-0.3, -0.25) is 0 Å². The number of hydrogen-bond donors (Lipinski definition) is 2. The molecule has 3 rings (SSSR count). The Morgan fingerprint density at radius 2 is 1.79 bits per heavy atom. The molecule has 1 aliphatic heterocycles. The number of nitrogens with zero attached hydrogens (tertiary/aromatic N) is 3. The lowest BCUT2D eigenvalue weighted by molar-refractivity contribution is -0.192. The highest BCUT2D eigenvalue weighted by atomic mass is 35.5. The monoisotopic (exact) mass is 507 g/mol. The average Bonchev–Trinajstić information content (AvgIpc) is 2.68. The largest absolute Gasteiger partial charge is 0.490 e. The van der Waals surface area contributed by atoms with Crippen LogP contribution in [0.1, 0.15) is 30.6 Å². The number of hydrogen-bond acceptors (Lipinski definition) is 7. The molecule has 0 saturated carbocycles. The van der Waals surface area contributed by atoms with Crippen molar-refractivity contribution >= 4 is 35.3 Å². The van der Waals surface area contributed by atoms with Gasteiger partial charge in [0.15, 0.2) is 5.82 Å². The first kappa shape index (κ1) is 26.8. The number of aliphatic carboxylic acids is 1. The van der Waals surface area contributed by atoms with Gasteiger partial charge < -0.3 is 19.8 Å². The van der Waals surface area contributed by atoms with Crippen LogP contribution in [0.2, 0.25) is 5.02 Å². The number of halogens is 5. The Morgan fingerprint density at radius 3 is 2.26 bits per heavy atom. The van der Waals surface area contributed by atoms with Crippen LogP contribution in [0.25, 0.3) is 11.3 Å². The number of benzene rings is 1. The lowest BCUT2D eigenvalue weighted by Crippen LogP contribution is -2.54. The Bertz CT molecular complexity index is 1100. The molecule has 1 unspecified atom stereocenters. The van der Waals surface area contributed by atoms with Crippen molar-refractivity contribution in [3.05, 3.63) is 40.7 Å². The molecule has 1 aromatic carbocycles. The van der Waals surface area contributed by atoms with E-state index in [0.717, 1.165) is 0 Å². The number of ether oxygens (including phenoxy) is 1. The highest BCUT2D eigenvalue weighted by Crippen LogP contribution is 2.32. The van der Waals surface area contributed by atoms with Crippen LogP contribution in [-0.2, 0) is 14.3 Å². The summed E-state index contributed by atoms with van der Waals surface area (Å²) in [5.41, 5.74) is -0.0946. The third-order valence-corrected chi connectivity index (χ3v) is 4.60. The maximum Gasteiger partial charge on any atom is 0.490 e. The van der Waals surface area contributed by atoms with Gasteiger partial charge in [0.25, 0.3) is 0 Å². The predicted molar refractivity (Wildman–Crippen MR) is 110 cm³/mol. The van der Waals surface area contributed by atoms with E-state index in [1.54, 1.807) is 13.8 Å². The van der Waals surface area contributed by atoms with E-state index in [1.807, 2.05) is 0 Å². The molecule has 2 heterocycles. The van der Waals surface area contributed by atoms with Gasteiger partial charge in [-0.25, -0.2) is 18.8 Å². The molecule has 34 heavy (non-hydrogen) atoms. The number of carbonyl (C=O) groups is 3. The van der Waals surface area contributed by atoms with E-state index in [1.165, 1.54) is 29.2 Å². The molecule has 0 bridgehead atoms. The molecule has 0 spiro atoms. The molecule has 1 saturated heterocycles. The van der Waals surface area contributed by atoms with Crippen LogP contribution in [0.4, 0.5) is 23.4 Å². The smallest absolute Gasteiger partial charge is 0.478 e. The standard InChI is InChI=1S/C18H17ClFN3O4.C2HF3O2/c1-9(2)27-18(26)15-5-6-23(15)16-12(17(24)25)8-14(21-22-16)11-7-10(19)3-4-13(11)20;3-2(4,5)1(6)7/h3-4,7-9,15H,5-6H2,1-2H3,(H,24,25);(H,6,7). The minimum absolute atomic E-state index is 0.0398. The number of rotatable bonds is 5. The summed E-state index contributed by atoms with van der Waals surface area (Å²) in [7, 11) is 0. The summed E-state index contributed by atoms with van der Waals surface area (Å²) in [6.07, 6.45) is -4.84. The molecule has 9 nitrogen and oxygen atoms in total. The molecule has 1 fully saturated rings. The van der Waals surface area contributed by atoms with Gasteiger partial charge in [0.1, 0.15) is 17.4 Å². The van der Waals surface area contributed by atoms with Crippen molar-refractivity contribution in [2.45, 2.75) is 38.6 Å². The molecule has 1 atom stereocenters. The quantitative estimate of drug-likeness (QED) is 0.458. The highest BCUT2D eigenvalue weighted by Gasteiger charge is 2.39. The number of carboxylic acids is 2.